The minimum absolute atomic E-state index is 0.0899. The van der Waals surface area contributed by atoms with Crippen LogP contribution in [0.5, 0.6) is 0 Å². The standard InChI is InChI=1S/C19H33O4P/c1-2-3-4-5-6-7-8-9-10-14-17-22-24(20,21)23-18-19-15-12-11-13-16-19/h11-13,15-16H,2-10,14,17-18H2,1H3,(H,20,21). The molecule has 1 rings (SSSR count). The van der Waals surface area contributed by atoms with Gasteiger partial charge in [0.25, 0.3) is 0 Å². The molecule has 0 bridgehead atoms. The molecule has 24 heavy (non-hydrogen) atoms. The van der Waals surface area contributed by atoms with E-state index in [0.717, 1.165) is 24.8 Å². The molecule has 0 spiro atoms. The molecule has 0 heterocycles. The molecule has 1 unspecified atom stereocenters. The zero-order valence-electron chi connectivity index (χ0n) is 15.0. The van der Waals surface area contributed by atoms with Gasteiger partial charge in [0.2, 0.25) is 0 Å². The van der Waals surface area contributed by atoms with Crippen molar-refractivity contribution in [1.82, 2.24) is 0 Å². The Balaban J connectivity index is 1.95. The van der Waals surface area contributed by atoms with Crippen molar-refractivity contribution in [3.05, 3.63) is 35.9 Å². The van der Waals surface area contributed by atoms with Crippen LogP contribution in [0.4, 0.5) is 0 Å². The highest BCUT2D eigenvalue weighted by atomic mass is 31.2. The summed E-state index contributed by atoms with van der Waals surface area (Å²) >= 11 is 0. The molecule has 0 amide bonds. The highest BCUT2D eigenvalue weighted by Crippen LogP contribution is 2.44. The maximum Gasteiger partial charge on any atom is 0.472 e. The van der Waals surface area contributed by atoms with Crippen LogP contribution in [-0.2, 0) is 20.2 Å². The summed E-state index contributed by atoms with van der Waals surface area (Å²) in [4.78, 5) is 9.63. The lowest BCUT2D eigenvalue weighted by molar-refractivity contribution is 0.141. The molecular formula is C19H33O4P. The van der Waals surface area contributed by atoms with Crippen molar-refractivity contribution in [3.8, 4) is 0 Å². The highest BCUT2D eigenvalue weighted by molar-refractivity contribution is 7.47. The fourth-order valence-corrected chi connectivity index (χ4v) is 3.28. The second-order valence-corrected chi connectivity index (χ2v) is 7.70. The van der Waals surface area contributed by atoms with Crippen LogP contribution in [0.2, 0.25) is 0 Å². The third-order valence-electron chi connectivity index (χ3n) is 3.99. The lowest BCUT2D eigenvalue weighted by atomic mass is 10.1. The molecule has 0 aromatic heterocycles. The number of phosphoric acid groups is 1. The summed E-state index contributed by atoms with van der Waals surface area (Å²) in [5.41, 5.74) is 0.856. The van der Waals surface area contributed by atoms with Crippen LogP contribution in [0.25, 0.3) is 0 Å². The summed E-state index contributed by atoms with van der Waals surface area (Å²) in [6, 6.07) is 9.32. The Bertz CT molecular complexity index is 450. The first-order valence-corrected chi connectivity index (χ1v) is 10.8. The van der Waals surface area contributed by atoms with Crippen LogP contribution in [0.15, 0.2) is 30.3 Å². The minimum atomic E-state index is -3.94. The van der Waals surface area contributed by atoms with Gasteiger partial charge in [-0.25, -0.2) is 4.57 Å². The van der Waals surface area contributed by atoms with E-state index in [1.807, 2.05) is 30.3 Å². The molecule has 1 aromatic rings. The van der Waals surface area contributed by atoms with Crippen LogP contribution in [0.1, 0.15) is 76.7 Å². The molecular weight excluding hydrogens is 323 g/mol. The van der Waals surface area contributed by atoms with Gasteiger partial charge in [0.15, 0.2) is 0 Å². The van der Waals surface area contributed by atoms with Crippen LogP contribution in [0, 0.1) is 0 Å². The molecule has 138 valence electrons. The molecule has 1 atom stereocenters. The first-order valence-electron chi connectivity index (χ1n) is 9.30. The average molecular weight is 356 g/mol. The Morgan fingerprint density at radius 3 is 1.96 bits per heavy atom. The van der Waals surface area contributed by atoms with Gasteiger partial charge in [-0.15, -0.1) is 0 Å². The molecule has 4 nitrogen and oxygen atoms in total. The van der Waals surface area contributed by atoms with E-state index in [4.69, 9.17) is 9.05 Å². The van der Waals surface area contributed by atoms with Gasteiger partial charge in [-0.1, -0.05) is 95.0 Å². The number of phosphoric ester groups is 1. The van der Waals surface area contributed by atoms with E-state index in [1.165, 1.54) is 44.9 Å². The van der Waals surface area contributed by atoms with E-state index >= 15 is 0 Å². The molecule has 1 N–H and O–H groups in total. The van der Waals surface area contributed by atoms with E-state index in [2.05, 4.69) is 6.92 Å². The second-order valence-electron chi connectivity index (χ2n) is 6.24. The predicted molar refractivity (Wildman–Crippen MR) is 98.9 cm³/mol. The maximum absolute atomic E-state index is 11.8. The average Bonchev–Trinajstić information content (AvgIpc) is 2.59. The molecule has 0 aliphatic heterocycles. The van der Waals surface area contributed by atoms with E-state index in [0.29, 0.717) is 0 Å². The lowest BCUT2D eigenvalue weighted by Crippen LogP contribution is -1.98. The quantitative estimate of drug-likeness (QED) is 0.298. The van der Waals surface area contributed by atoms with Gasteiger partial charge in [-0.05, 0) is 12.0 Å². The summed E-state index contributed by atoms with van der Waals surface area (Å²) in [6.07, 6.45) is 12.2. The van der Waals surface area contributed by atoms with Gasteiger partial charge in [0.1, 0.15) is 0 Å². The van der Waals surface area contributed by atoms with Crippen molar-refractivity contribution in [2.75, 3.05) is 6.61 Å². The number of benzene rings is 1. The Morgan fingerprint density at radius 2 is 1.38 bits per heavy atom. The normalized spacial score (nSPS) is 13.8. The Hall–Kier alpha value is -0.670. The third kappa shape index (κ3) is 11.8. The largest absolute Gasteiger partial charge is 0.472 e. The van der Waals surface area contributed by atoms with Crippen molar-refractivity contribution >= 4 is 7.82 Å². The van der Waals surface area contributed by atoms with E-state index in [-0.39, 0.29) is 13.2 Å². The van der Waals surface area contributed by atoms with Crippen LogP contribution in [0.3, 0.4) is 0 Å². The fraction of sp³-hybridized carbons (Fsp3) is 0.684. The highest BCUT2D eigenvalue weighted by Gasteiger charge is 2.20. The SMILES string of the molecule is CCCCCCCCCCCCOP(=O)(O)OCc1ccccc1. The molecule has 0 aliphatic rings. The van der Waals surface area contributed by atoms with E-state index in [9.17, 15) is 9.46 Å². The number of hydrogen-bond acceptors (Lipinski definition) is 3. The van der Waals surface area contributed by atoms with Crippen LogP contribution < -0.4 is 0 Å². The van der Waals surface area contributed by atoms with Crippen LogP contribution >= 0.6 is 7.82 Å². The molecule has 0 saturated carbocycles. The summed E-state index contributed by atoms with van der Waals surface area (Å²) in [5.74, 6) is 0. The molecule has 5 heteroatoms. The number of hydrogen-bond donors (Lipinski definition) is 1. The fourth-order valence-electron chi connectivity index (χ4n) is 2.54. The summed E-state index contributed by atoms with van der Waals surface area (Å²) in [6.45, 7) is 2.60. The smallest absolute Gasteiger partial charge is 0.302 e. The maximum atomic E-state index is 11.8. The van der Waals surface area contributed by atoms with Crippen molar-refractivity contribution in [2.24, 2.45) is 0 Å². The summed E-state index contributed by atoms with van der Waals surface area (Å²) in [7, 11) is -3.94. The number of unbranched alkanes of at least 4 members (excludes halogenated alkanes) is 9. The second kappa shape index (κ2) is 13.6. The van der Waals surface area contributed by atoms with Crippen molar-refractivity contribution in [3.63, 3.8) is 0 Å². The van der Waals surface area contributed by atoms with Gasteiger partial charge in [-0.3, -0.25) is 9.05 Å². The molecule has 0 saturated heterocycles. The van der Waals surface area contributed by atoms with Crippen molar-refractivity contribution in [2.45, 2.75) is 77.7 Å². The van der Waals surface area contributed by atoms with Gasteiger partial charge in [0.05, 0.1) is 13.2 Å². The summed E-state index contributed by atoms with van der Waals surface area (Å²) in [5, 5.41) is 0. The predicted octanol–water partition coefficient (Wildman–Crippen LogP) is 6.24. The first kappa shape index (κ1) is 21.4. The van der Waals surface area contributed by atoms with Gasteiger partial charge >= 0.3 is 7.82 Å². The van der Waals surface area contributed by atoms with Gasteiger partial charge in [-0.2, -0.15) is 0 Å². The first-order chi connectivity index (χ1) is 11.6. The summed E-state index contributed by atoms with van der Waals surface area (Å²) < 4.78 is 21.8. The van der Waals surface area contributed by atoms with Crippen LogP contribution in [-0.4, -0.2) is 11.5 Å². The van der Waals surface area contributed by atoms with Crippen molar-refractivity contribution in [1.29, 1.82) is 0 Å². The van der Waals surface area contributed by atoms with Crippen molar-refractivity contribution < 1.29 is 18.5 Å². The monoisotopic (exact) mass is 356 g/mol. The Morgan fingerprint density at radius 1 is 0.833 bits per heavy atom. The zero-order valence-corrected chi connectivity index (χ0v) is 15.9. The Labute approximate surface area is 147 Å². The molecule has 0 radical (unpaired) electrons. The topological polar surface area (TPSA) is 55.8 Å². The Kier molecular flexibility index (Phi) is 12.1. The van der Waals surface area contributed by atoms with E-state index in [1.54, 1.807) is 0 Å². The number of rotatable bonds is 15. The zero-order chi connectivity index (χ0) is 17.5. The minimum Gasteiger partial charge on any atom is -0.302 e. The molecule has 1 aromatic carbocycles. The van der Waals surface area contributed by atoms with Gasteiger partial charge < -0.3 is 4.89 Å². The lowest BCUT2D eigenvalue weighted by Gasteiger charge is -2.12. The third-order valence-corrected chi connectivity index (χ3v) is 4.95. The van der Waals surface area contributed by atoms with Gasteiger partial charge in [0, 0.05) is 0 Å². The molecule has 0 aliphatic carbocycles. The molecule has 0 fully saturated rings. The van der Waals surface area contributed by atoms with E-state index < -0.39 is 7.82 Å².